The molecule has 0 aliphatic carbocycles. The number of halogens is 1. The summed E-state index contributed by atoms with van der Waals surface area (Å²) in [5, 5.41) is 16.4. The standard InChI is InChI=1S/C23H40N4O2.HI/c1-5-24-23(25-16-19(12-14-28)15-18(2)3)26-20-9-8-13-27(17-20)21-10-6-7-11-22(21)29-4;/h6-7,10-11,18-20,28H,5,8-9,12-17H2,1-4H3,(H2,24,25,26);1H. The predicted molar refractivity (Wildman–Crippen MR) is 137 cm³/mol. The topological polar surface area (TPSA) is 69.1 Å². The highest BCUT2D eigenvalue weighted by Gasteiger charge is 2.23. The Hall–Kier alpha value is -1.22. The van der Waals surface area contributed by atoms with Gasteiger partial charge in [0.1, 0.15) is 5.75 Å². The van der Waals surface area contributed by atoms with Crippen molar-refractivity contribution in [3.63, 3.8) is 0 Å². The molecule has 0 amide bonds. The monoisotopic (exact) mass is 532 g/mol. The smallest absolute Gasteiger partial charge is 0.191 e. The third kappa shape index (κ3) is 8.88. The van der Waals surface area contributed by atoms with Gasteiger partial charge in [-0.3, -0.25) is 4.99 Å². The van der Waals surface area contributed by atoms with Crippen LogP contribution in [0.1, 0.15) is 46.5 Å². The highest BCUT2D eigenvalue weighted by Crippen LogP contribution is 2.29. The van der Waals surface area contributed by atoms with E-state index in [9.17, 15) is 5.11 Å². The fourth-order valence-electron chi connectivity index (χ4n) is 4.07. The van der Waals surface area contributed by atoms with Crippen molar-refractivity contribution in [3.05, 3.63) is 24.3 Å². The van der Waals surface area contributed by atoms with E-state index in [4.69, 9.17) is 9.73 Å². The molecule has 1 heterocycles. The van der Waals surface area contributed by atoms with Crippen molar-refractivity contribution in [1.29, 1.82) is 0 Å². The molecular weight excluding hydrogens is 491 g/mol. The summed E-state index contributed by atoms with van der Waals surface area (Å²) in [4.78, 5) is 7.25. The number of aliphatic hydroxyl groups excluding tert-OH is 1. The number of nitrogens with one attached hydrogen (secondary N) is 2. The molecule has 0 bridgehead atoms. The van der Waals surface area contributed by atoms with Crippen LogP contribution in [0, 0.1) is 11.8 Å². The first-order chi connectivity index (χ1) is 14.1. The molecule has 0 spiro atoms. The number of anilines is 1. The molecule has 7 heteroatoms. The van der Waals surface area contributed by atoms with Crippen LogP contribution in [-0.2, 0) is 0 Å². The maximum atomic E-state index is 9.36. The number of nitrogens with zero attached hydrogens (tertiary/aromatic N) is 2. The van der Waals surface area contributed by atoms with Crippen LogP contribution in [0.2, 0.25) is 0 Å². The number of hydrogen-bond donors (Lipinski definition) is 3. The number of aliphatic imine (C=N–C) groups is 1. The molecule has 3 N–H and O–H groups in total. The minimum atomic E-state index is 0. The Morgan fingerprint density at radius 2 is 2.10 bits per heavy atom. The van der Waals surface area contributed by atoms with Crippen molar-refractivity contribution < 1.29 is 9.84 Å². The lowest BCUT2D eigenvalue weighted by molar-refractivity contribution is 0.245. The van der Waals surface area contributed by atoms with E-state index in [0.717, 1.165) is 69.3 Å². The van der Waals surface area contributed by atoms with Crippen molar-refractivity contribution in [2.75, 3.05) is 44.8 Å². The average Bonchev–Trinajstić information content (AvgIpc) is 2.72. The van der Waals surface area contributed by atoms with Crippen LogP contribution in [-0.4, -0.2) is 57.0 Å². The number of benzene rings is 1. The van der Waals surface area contributed by atoms with Gasteiger partial charge in [-0.1, -0.05) is 26.0 Å². The Labute approximate surface area is 199 Å². The number of ether oxygens (including phenoxy) is 1. The Kier molecular flexibility index (Phi) is 13.2. The van der Waals surface area contributed by atoms with Gasteiger partial charge in [-0.2, -0.15) is 0 Å². The summed E-state index contributed by atoms with van der Waals surface area (Å²) in [5.74, 6) is 2.84. The highest BCUT2D eigenvalue weighted by atomic mass is 127. The summed E-state index contributed by atoms with van der Waals surface area (Å²) < 4.78 is 5.55. The number of piperidine rings is 1. The first-order valence-corrected chi connectivity index (χ1v) is 11.1. The van der Waals surface area contributed by atoms with Crippen LogP contribution in [0.4, 0.5) is 5.69 Å². The van der Waals surface area contributed by atoms with Crippen molar-refractivity contribution in [1.82, 2.24) is 10.6 Å². The largest absolute Gasteiger partial charge is 0.495 e. The second-order valence-electron chi connectivity index (χ2n) is 8.33. The molecule has 0 saturated carbocycles. The summed E-state index contributed by atoms with van der Waals surface area (Å²) in [7, 11) is 1.73. The van der Waals surface area contributed by atoms with E-state index in [1.165, 1.54) is 0 Å². The fraction of sp³-hybridized carbons (Fsp3) is 0.696. The third-order valence-electron chi connectivity index (χ3n) is 5.38. The molecule has 0 aromatic heterocycles. The van der Waals surface area contributed by atoms with Gasteiger partial charge in [0.2, 0.25) is 0 Å². The zero-order valence-electron chi connectivity index (χ0n) is 19.1. The summed E-state index contributed by atoms with van der Waals surface area (Å²) in [6.07, 6.45) is 4.16. The Balaban J connectivity index is 0.00000450. The molecule has 1 aromatic rings. The van der Waals surface area contributed by atoms with E-state index >= 15 is 0 Å². The van der Waals surface area contributed by atoms with Crippen LogP contribution in [0.5, 0.6) is 5.75 Å². The van der Waals surface area contributed by atoms with E-state index in [0.29, 0.717) is 17.9 Å². The Morgan fingerprint density at radius 1 is 1.33 bits per heavy atom. The van der Waals surface area contributed by atoms with Crippen LogP contribution < -0.4 is 20.3 Å². The highest BCUT2D eigenvalue weighted by molar-refractivity contribution is 14.0. The number of rotatable bonds is 10. The lowest BCUT2D eigenvalue weighted by atomic mass is 9.94. The van der Waals surface area contributed by atoms with Gasteiger partial charge in [0.05, 0.1) is 12.8 Å². The Morgan fingerprint density at radius 3 is 2.77 bits per heavy atom. The normalized spacial score (nSPS) is 18.0. The molecule has 1 aliphatic heterocycles. The van der Waals surface area contributed by atoms with Crippen molar-refractivity contribution in [2.24, 2.45) is 16.8 Å². The molecule has 2 unspecified atom stereocenters. The van der Waals surface area contributed by atoms with Crippen LogP contribution in [0.15, 0.2) is 29.3 Å². The molecule has 1 aromatic carbocycles. The zero-order valence-corrected chi connectivity index (χ0v) is 21.4. The van der Waals surface area contributed by atoms with Crippen molar-refractivity contribution in [3.8, 4) is 5.75 Å². The zero-order chi connectivity index (χ0) is 21.1. The number of guanidine groups is 1. The van der Waals surface area contributed by atoms with Crippen molar-refractivity contribution in [2.45, 2.75) is 52.5 Å². The molecule has 1 fully saturated rings. The molecule has 30 heavy (non-hydrogen) atoms. The van der Waals surface area contributed by atoms with Gasteiger partial charge in [-0.15, -0.1) is 24.0 Å². The number of para-hydroxylation sites is 2. The van der Waals surface area contributed by atoms with E-state index in [1.54, 1.807) is 7.11 Å². The minimum Gasteiger partial charge on any atom is -0.495 e. The summed E-state index contributed by atoms with van der Waals surface area (Å²) in [5.41, 5.74) is 1.16. The molecular formula is C23H41IN4O2. The van der Waals surface area contributed by atoms with Gasteiger partial charge in [0.15, 0.2) is 5.96 Å². The summed E-state index contributed by atoms with van der Waals surface area (Å²) in [6, 6.07) is 8.57. The van der Waals surface area contributed by atoms with Crippen LogP contribution >= 0.6 is 24.0 Å². The number of aliphatic hydroxyl groups is 1. The second-order valence-corrected chi connectivity index (χ2v) is 8.33. The molecule has 6 nitrogen and oxygen atoms in total. The van der Waals surface area contributed by atoms with Gasteiger partial charge in [-0.25, -0.2) is 0 Å². The first kappa shape index (κ1) is 26.8. The van der Waals surface area contributed by atoms with E-state index in [1.807, 2.05) is 12.1 Å². The molecule has 2 atom stereocenters. The summed E-state index contributed by atoms with van der Waals surface area (Å²) >= 11 is 0. The average molecular weight is 533 g/mol. The second kappa shape index (κ2) is 14.7. The molecule has 1 saturated heterocycles. The molecule has 1 aliphatic rings. The SMILES string of the molecule is CCNC(=NCC(CCO)CC(C)C)NC1CCCN(c2ccccc2OC)C1.I. The molecule has 0 radical (unpaired) electrons. The van der Waals surface area contributed by atoms with E-state index in [-0.39, 0.29) is 30.6 Å². The fourth-order valence-corrected chi connectivity index (χ4v) is 4.07. The first-order valence-electron chi connectivity index (χ1n) is 11.1. The maximum absolute atomic E-state index is 9.36. The lowest BCUT2D eigenvalue weighted by Gasteiger charge is -2.36. The van der Waals surface area contributed by atoms with Crippen LogP contribution in [0.3, 0.4) is 0 Å². The van der Waals surface area contributed by atoms with Gasteiger partial charge in [0.25, 0.3) is 0 Å². The lowest BCUT2D eigenvalue weighted by Crippen LogP contribution is -2.51. The van der Waals surface area contributed by atoms with E-state index in [2.05, 4.69) is 48.4 Å². The van der Waals surface area contributed by atoms with Crippen LogP contribution in [0.25, 0.3) is 0 Å². The minimum absolute atomic E-state index is 0. The van der Waals surface area contributed by atoms with Crippen molar-refractivity contribution >= 4 is 35.6 Å². The Bertz CT molecular complexity index is 627. The van der Waals surface area contributed by atoms with Gasteiger partial charge in [-0.05, 0) is 56.6 Å². The van der Waals surface area contributed by atoms with Gasteiger partial charge >= 0.3 is 0 Å². The quantitative estimate of drug-likeness (QED) is 0.243. The predicted octanol–water partition coefficient (Wildman–Crippen LogP) is 3.88. The third-order valence-corrected chi connectivity index (χ3v) is 5.38. The van der Waals surface area contributed by atoms with E-state index < -0.39 is 0 Å². The van der Waals surface area contributed by atoms with Gasteiger partial charge in [0, 0.05) is 38.8 Å². The maximum Gasteiger partial charge on any atom is 0.191 e. The number of methoxy groups -OCH3 is 1. The number of hydrogen-bond acceptors (Lipinski definition) is 4. The van der Waals surface area contributed by atoms with Gasteiger partial charge < -0.3 is 25.4 Å². The summed E-state index contributed by atoms with van der Waals surface area (Å²) in [6.45, 7) is 10.3. The molecule has 2 rings (SSSR count). The molecule has 172 valence electrons.